The number of nitrogens with one attached hydrogen (secondary N) is 1. The van der Waals surface area contributed by atoms with E-state index in [0.29, 0.717) is 5.56 Å². The molecule has 0 aliphatic carbocycles. The van der Waals surface area contributed by atoms with Gasteiger partial charge in [-0.3, -0.25) is 0 Å². The van der Waals surface area contributed by atoms with Crippen molar-refractivity contribution in [3.05, 3.63) is 52.0 Å². The third kappa shape index (κ3) is 5.32. The van der Waals surface area contributed by atoms with Crippen molar-refractivity contribution in [3.63, 3.8) is 0 Å². The molecule has 1 atom stereocenters. The van der Waals surface area contributed by atoms with E-state index in [-0.39, 0.29) is 29.5 Å². The Morgan fingerprint density at radius 2 is 2.00 bits per heavy atom. The molecule has 0 spiro atoms. The van der Waals surface area contributed by atoms with Crippen LogP contribution in [0.25, 0.3) is 0 Å². The average molecular weight is 403 g/mol. The van der Waals surface area contributed by atoms with Crippen molar-refractivity contribution >= 4 is 27.3 Å². The second-order valence-electron chi connectivity index (χ2n) is 5.22. The van der Waals surface area contributed by atoms with E-state index in [1.807, 2.05) is 0 Å². The number of hydrogen-bond acceptors (Lipinski definition) is 6. The number of methoxy groups -OCH3 is 1. The van der Waals surface area contributed by atoms with Gasteiger partial charge < -0.3 is 14.6 Å². The van der Waals surface area contributed by atoms with Gasteiger partial charge in [-0.15, -0.1) is 11.3 Å². The fourth-order valence-corrected chi connectivity index (χ4v) is 4.55. The van der Waals surface area contributed by atoms with Crippen molar-refractivity contribution in [2.75, 3.05) is 20.4 Å². The van der Waals surface area contributed by atoms with E-state index in [9.17, 15) is 17.6 Å². The first-order valence-electron chi connectivity index (χ1n) is 7.51. The lowest BCUT2D eigenvalue weighted by Crippen LogP contribution is -2.27. The Labute approximate surface area is 154 Å². The molecule has 1 heterocycles. The first-order valence-corrected chi connectivity index (χ1v) is 9.88. The van der Waals surface area contributed by atoms with Crippen LogP contribution in [-0.4, -0.2) is 39.9 Å². The molecule has 26 heavy (non-hydrogen) atoms. The number of carbonyl (C=O) groups is 1. The molecule has 0 saturated heterocycles. The Morgan fingerprint density at radius 3 is 2.62 bits per heavy atom. The molecule has 2 rings (SSSR count). The smallest absolute Gasteiger partial charge is 0.347 e. The van der Waals surface area contributed by atoms with Gasteiger partial charge in [0.15, 0.2) is 0 Å². The maximum absolute atomic E-state index is 13.1. The van der Waals surface area contributed by atoms with Crippen LogP contribution in [0.5, 0.6) is 0 Å². The van der Waals surface area contributed by atoms with Crippen LogP contribution in [0.4, 0.5) is 4.39 Å². The maximum Gasteiger partial charge on any atom is 0.347 e. The molecule has 1 unspecified atom stereocenters. The van der Waals surface area contributed by atoms with Crippen molar-refractivity contribution < 1.29 is 32.2 Å². The molecule has 1 aromatic carbocycles. The molecule has 7 nitrogen and oxygen atoms in total. The number of rotatable bonds is 10. The predicted molar refractivity (Wildman–Crippen MR) is 93.2 cm³/mol. The second kappa shape index (κ2) is 9.19. The number of carboxylic acid groups (broad SMARTS) is 1. The van der Waals surface area contributed by atoms with E-state index < -0.39 is 27.9 Å². The number of sulfonamides is 1. The highest BCUT2D eigenvalue weighted by Gasteiger charge is 2.24. The van der Waals surface area contributed by atoms with Gasteiger partial charge in [-0.2, -0.15) is 0 Å². The van der Waals surface area contributed by atoms with E-state index in [2.05, 4.69) is 4.72 Å². The summed E-state index contributed by atoms with van der Waals surface area (Å²) in [5.74, 6) is -1.69. The summed E-state index contributed by atoms with van der Waals surface area (Å²) >= 11 is 0.838. The molecule has 0 aliphatic rings. The number of aromatic carboxylic acids is 1. The van der Waals surface area contributed by atoms with Gasteiger partial charge in [0.05, 0.1) is 6.10 Å². The number of ether oxygens (including phenoxy) is 2. The lowest BCUT2D eigenvalue weighted by Gasteiger charge is -2.18. The van der Waals surface area contributed by atoms with Gasteiger partial charge in [-0.05, 0) is 35.6 Å². The summed E-state index contributed by atoms with van der Waals surface area (Å²) in [5, 5.41) is 10.5. The predicted octanol–water partition coefficient (Wildman–Crippen LogP) is 2.62. The summed E-state index contributed by atoms with van der Waals surface area (Å²) in [6.07, 6.45) is -0.263. The van der Waals surface area contributed by atoms with E-state index >= 15 is 0 Å². The quantitative estimate of drug-likeness (QED) is 0.591. The third-order valence-corrected chi connectivity index (χ3v) is 5.98. The number of halogens is 1. The van der Waals surface area contributed by atoms with Gasteiger partial charge in [-0.1, -0.05) is 12.1 Å². The molecule has 0 amide bonds. The zero-order chi connectivity index (χ0) is 19.2. The van der Waals surface area contributed by atoms with Crippen LogP contribution in [0.3, 0.4) is 0 Å². The molecule has 2 aromatic rings. The van der Waals surface area contributed by atoms with Crippen molar-refractivity contribution in [3.8, 4) is 0 Å². The maximum atomic E-state index is 13.1. The average Bonchev–Trinajstić information content (AvgIpc) is 3.10. The van der Waals surface area contributed by atoms with Crippen molar-refractivity contribution in [1.29, 1.82) is 0 Å². The summed E-state index contributed by atoms with van der Waals surface area (Å²) < 4.78 is 50.4. The summed E-state index contributed by atoms with van der Waals surface area (Å²) in [6, 6.07) is 6.91. The Bertz CT molecular complexity index is 835. The molecule has 1 aromatic heterocycles. The van der Waals surface area contributed by atoms with E-state index in [1.165, 1.54) is 30.7 Å². The molecule has 0 fully saturated rings. The first-order chi connectivity index (χ1) is 12.3. The minimum atomic E-state index is -3.96. The van der Waals surface area contributed by atoms with Crippen LogP contribution in [0, 0.1) is 5.82 Å². The molecule has 142 valence electrons. The number of hydrogen-bond donors (Lipinski definition) is 2. The summed E-state index contributed by atoms with van der Waals surface area (Å²) in [5.41, 5.74) is 0.671. The number of thiophene rings is 1. The lowest BCUT2D eigenvalue weighted by atomic mass is 10.1. The molecule has 0 bridgehead atoms. The largest absolute Gasteiger partial charge is 0.477 e. The van der Waals surface area contributed by atoms with E-state index in [1.54, 1.807) is 12.1 Å². The van der Waals surface area contributed by atoms with Gasteiger partial charge >= 0.3 is 5.97 Å². The van der Waals surface area contributed by atoms with Crippen LogP contribution in [0.1, 0.15) is 27.8 Å². The Balaban J connectivity index is 2.05. The minimum Gasteiger partial charge on any atom is -0.477 e. The molecule has 10 heteroatoms. The van der Waals surface area contributed by atoms with Crippen LogP contribution in [-0.2, 0) is 19.5 Å². The zero-order valence-electron chi connectivity index (χ0n) is 13.8. The van der Waals surface area contributed by atoms with Crippen molar-refractivity contribution in [2.24, 2.45) is 0 Å². The van der Waals surface area contributed by atoms with Gasteiger partial charge in [0.25, 0.3) is 0 Å². The van der Waals surface area contributed by atoms with Crippen LogP contribution in [0.15, 0.2) is 40.6 Å². The van der Waals surface area contributed by atoms with Crippen LogP contribution < -0.4 is 4.72 Å². The van der Waals surface area contributed by atoms with E-state index in [0.717, 1.165) is 11.3 Å². The molecule has 0 aliphatic heterocycles. The van der Waals surface area contributed by atoms with E-state index in [4.69, 9.17) is 14.6 Å². The zero-order valence-corrected chi connectivity index (χ0v) is 15.5. The van der Waals surface area contributed by atoms with Crippen molar-refractivity contribution in [2.45, 2.75) is 17.4 Å². The molecular weight excluding hydrogens is 385 g/mol. The first kappa shape index (κ1) is 20.5. The van der Waals surface area contributed by atoms with Gasteiger partial charge in [0.1, 0.15) is 22.4 Å². The van der Waals surface area contributed by atoms with Crippen LogP contribution in [0.2, 0.25) is 0 Å². The highest BCUT2D eigenvalue weighted by atomic mass is 32.2. The highest BCUT2D eigenvalue weighted by Crippen LogP contribution is 2.24. The number of benzene rings is 1. The van der Waals surface area contributed by atoms with Crippen LogP contribution >= 0.6 is 11.3 Å². The van der Waals surface area contributed by atoms with Crippen molar-refractivity contribution in [1.82, 2.24) is 4.72 Å². The molecule has 0 radical (unpaired) electrons. The number of carboxylic acids is 1. The summed E-state index contributed by atoms with van der Waals surface area (Å²) in [6.45, 7) is -0.00845. The fraction of sp³-hybridized carbons (Fsp3) is 0.312. The standard InChI is InChI=1S/C16H18FNO6S2/c1-23-10-24-13(11-2-4-12(17)5-3-11)6-8-18-26(21,22)14-7-9-25-15(14)16(19)20/h2-5,7,9,13,18H,6,8,10H2,1H3,(H,19,20). The van der Waals surface area contributed by atoms with Gasteiger partial charge in [0, 0.05) is 13.7 Å². The Morgan fingerprint density at radius 1 is 1.31 bits per heavy atom. The Hall–Kier alpha value is -1.85. The SMILES string of the molecule is COCOC(CCNS(=O)(=O)c1ccsc1C(=O)O)c1ccc(F)cc1. The Kier molecular flexibility index (Phi) is 7.23. The topological polar surface area (TPSA) is 102 Å². The monoisotopic (exact) mass is 403 g/mol. The normalized spacial score (nSPS) is 12.8. The summed E-state index contributed by atoms with van der Waals surface area (Å²) in [7, 11) is -2.51. The second-order valence-corrected chi connectivity index (χ2v) is 7.87. The van der Waals surface area contributed by atoms with Gasteiger partial charge in [-0.25, -0.2) is 22.3 Å². The molecular formula is C16H18FNO6S2. The summed E-state index contributed by atoms with van der Waals surface area (Å²) in [4.78, 5) is 10.6. The minimum absolute atomic E-state index is 0.00297. The highest BCUT2D eigenvalue weighted by molar-refractivity contribution is 7.89. The molecule has 2 N–H and O–H groups in total. The van der Waals surface area contributed by atoms with Gasteiger partial charge in [0.2, 0.25) is 10.0 Å². The lowest BCUT2D eigenvalue weighted by molar-refractivity contribution is -0.0752. The fourth-order valence-electron chi connectivity index (χ4n) is 2.24. The third-order valence-electron chi connectivity index (χ3n) is 3.44. The molecule has 0 saturated carbocycles.